The van der Waals surface area contributed by atoms with Gasteiger partial charge in [-0.2, -0.15) is 4.37 Å². The first kappa shape index (κ1) is 28.4. The van der Waals surface area contributed by atoms with Crippen LogP contribution in [0, 0.1) is 13.8 Å². The Kier molecular flexibility index (Phi) is 9.00. The molecular formula is C29H34IN5O2S. The van der Waals surface area contributed by atoms with Gasteiger partial charge in [-0.3, -0.25) is 14.2 Å². The van der Waals surface area contributed by atoms with Gasteiger partial charge in [0, 0.05) is 12.1 Å². The van der Waals surface area contributed by atoms with Gasteiger partial charge in [0.05, 0.1) is 17.6 Å². The van der Waals surface area contributed by atoms with Crippen LogP contribution in [0.4, 0.5) is 0 Å². The average molecular weight is 644 g/mol. The lowest BCUT2D eigenvalue weighted by molar-refractivity contribution is 0.0624. The van der Waals surface area contributed by atoms with Gasteiger partial charge < -0.3 is 9.80 Å². The highest BCUT2D eigenvalue weighted by Gasteiger charge is 2.42. The molecule has 7 nitrogen and oxygen atoms in total. The molecule has 2 heterocycles. The molecule has 200 valence electrons. The third-order valence-corrected chi connectivity index (χ3v) is 9.38. The fraction of sp³-hybridized carbons (Fsp3) is 0.379. The molecule has 0 aliphatic rings. The Morgan fingerprint density at radius 1 is 1.05 bits per heavy atom. The molecule has 0 aliphatic heterocycles. The smallest absolute Gasteiger partial charge is 0.264 e. The second kappa shape index (κ2) is 12.0. The fourth-order valence-electron chi connectivity index (χ4n) is 4.58. The number of carbonyl (C=O) groups excluding carboxylic acids is 1. The number of hydrogen-bond acceptors (Lipinski definition) is 6. The molecule has 1 unspecified atom stereocenters. The van der Waals surface area contributed by atoms with Crippen LogP contribution in [-0.2, 0) is 10.1 Å². The molecule has 0 aliphatic carbocycles. The predicted octanol–water partition coefficient (Wildman–Crippen LogP) is 5.61. The standard InChI is InChI=1S/C29H34IN5O2S/c1-6-29(30,35(18-10-17-33(4)5)26(36)23-15-13-20(2)14-16-23)28-31-25-24(21(3)32-38-25)27(37)34(28)19-22-11-8-7-9-12-22/h7-9,11-16H,6,10,17-19H2,1-5H3. The van der Waals surface area contributed by atoms with E-state index in [2.05, 4.69) is 38.8 Å². The van der Waals surface area contributed by atoms with Gasteiger partial charge in [0.25, 0.3) is 11.5 Å². The van der Waals surface area contributed by atoms with Crippen molar-refractivity contribution in [1.29, 1.82) is 0 Å². The monoisotopic (exact) mass is 643 g/mol. The average Bonchev–Trinajstić information content (AvgIpc) is 3.29. The van der Waals surface area contributed by atoms with Gasteiger partial charge in [0.1, 0.15) is 5.82 Å². The Balaban J connectivity index is 1.91. The van der Waals surface area contributed by atoms with Crippen LogP contribution in [0.25, 0.3) is 10.2 Å². The summed E-state index contributed by atoms with van der Waals surface area (Å²) in [5, 5.41) is 0.550. The number of alkyl halides is 1. The molecule has 1 atom stereocenters. The number of carbonyl (C=O) groups is 1. The number of aryl methyl sites for hydroxylation is 2. The quantitative estimate of drug-likeness (QED) is 0.128. The summed E-state index contributed by atoms with van der Waals surface area (Å²) in [6.07, 6.45) is 1.37. The highest BCUT2D eigenvalue weighted by atomic mass is 127. The number of amides is 1. The van der Waals surface area contributed by atoms with Gasteiger partial charge in [0.2, 0.25) is 0 Å². The molecule has 38 heavy (non-hydrogen) atoms. The first-order valence-corrected chi connectivity index (χ1v) is 14.6. The molecule has 4 rings (SSSR count). The Bertz CT molecular complexity index is 1470. The van der Waals surface area contributed by atoms with E-state index in [4.69, 9.17) is 4.98 Å². The molecular weight excluding hydrogens is 609 g/mol. The number of aromatic nitrogens is 3. The zero-order valence-corrected chi connectivity index (χ0v) is 25.5. The largest absolute Gasteiger partial charge is 0.317 e. The molecule has 0 bridgehead atoms. The number of halogens is 1. The van der Waals surface area contributed by atoms with E-state index < -0.39 is 3.55 Å². The first-order valence-electron chi connectivity index (χ1n) is 12.8. The topological polar surface area (TPSA) is 71.3 Å². The van der Waals surface area contributed by atoms with Crippen LogP contribution >= 0.6 is 34.1 Å². The maximum Gasteiger partial charge on any atom is 0.264 e. The number of nitrogens with zero attached hydrogens (tertiary/aromatic N) is 5. The third-order valence-electron chi connectivity index (χ3n) is 6.72. The van der Waals surface area contributed by atoms with Crippen LogP contribution in [0.1, 0.15) is 52.8 Å². The summed E-state index contributed by atoms with van der Waals surface area (Å²) in [4.78, 5) is 37.8. The summed E-state index contributed by atoms with van der Waals surface area (Å²) in [6.45, 7) is 7.64. The molecule has 1 amide bonds. The molecule has 0 N–H and O–H groups in total. The van der Waals surface area contributed by atoms with Crippen LogP contribution in [0.3, 0.4) is 0 Å². The maximum absolute atomic E-state index is 14.1. The van der Waals surface area contributed by atoms with Crippen molar-refractivity contribution in [2.75, 3.05) is 27.2 Å². The summed E-state index contributed by atoms with van der Waals surface area (Å²) >= 11 is 3.59. The summed E-state index contributed by atoms with van der Waals surface area (Å²) in [5.74, 6) is 0.511. The van der Waals surface area contributed by atoms with Crippen molar-refractivity contribution < 1.29 is 4.79 Å². The summed E-state index contributed by atoms with van der Waals surface area (Å²) < 4.78 is 5.33. The Morgan fingerprint density at radius 3 is 2.37 bits per heavy atom. The predicted molar refractivity (Wildman–Crippen MR) is 163 cm³/mol. The number of hydrogen-bond donors (Lipinski definition) is 0. The zero-order valence-electron chi connectivity index (χ0n) is 22.6. The van der Waals surface area contributed by atoms with Crippen LogP contribution in [0.15, 0.2) is 59.4 Å². The number of benzene rings is 2. The molecule has 0 saturated carbocycles. The second-order valence-electron chi connectivity index (χ2n) is 9.85. The minimum absolute atomic E-state index is 0.0684. The van der Waals surface area contributed by atoms with E-state index in [0.717, 1.165) is 24.1 Å². The van der Waals surface area contributed by atoms with Crippen molar-refractivity contribution in [2.45, 2.75) is 43.7 Å². The van der Waals surface area contributed by atoms with Gasteiger partial charge >= 0.3 is 0 Å². The number of fused-ring (bicyclic) bond motifs is 1. The lowest BCUT2D eigenvalue weighted by Gasteiger charge is -2.40. The van der Waals surface area contributed by atoms with Crippen molar-refractivity contribution in [1.82, 2.24) is 23.7 Å². The van der Waals surface area contributed by atoms with Crippen molar-refractivity contribution >= 4 is 50.2 Å². The molecule has 4 aromatic rings. The van der Waals surface area contributed by atoms with E-state index in [1.165, 1.54) is 11.5 Å². The van der Waals surface area contributed by atoms with Gasteiger partial charge in [-0.1, -0.05) is 55.0 Å². The van der Waals surface area contributed by atoms with Gasteiger partial charge in [-0.15, -0.1) is 0 Å². The minimum atomic E-state index is -0.855. The van der Waals surface area contributed by atoms with Crippen LogP contribution in [-0.4, -0.2) is 56.8 Å². The van der Waals surface area contributed by atoms with Crippen molar-refractivity contribution in [3.05, 3.63) is 93.2 Å². The lowest BCUT2D eigenvalue weighted by Crippen LogP contribution is -2.49. The summed E-state index contributed by atoms with van der Waals surface area (Å²) in [7, 11) is 4.06. The summed E-state index contributed by atoms with van der Waals surface area (Å²) in [6, 6.07) is 17.6. The molecule has 0 saturated heterocycles. The molecule has 0 fully saturated rings. The third kappa shape index (κ3) is 5.84. The van der Waals surface area contributed by atoms with Crippen molar-refractivity contribution in [2.24, 2.45) is 0 Å². The van der Waals surface area contributed by atoms with Gasteiger partial charge in [0.15, 0.2) is 8.38 Å². The SMILES string of the molecule is CCC(I)(c1nc2snc(C)c2c(=O)n1Cc1ccccc1)N(CCCN(C)C)C(=O)c1ccc(C)cc1. The molecule has 0 spiro atoms. The Hall–Kier alpha value is -2.63. The maximum atomic E-state index is 14.1. The van der Waals surface area contributed by atoms with Crippen molar-refractivity contribution in [3.8, 4) is 0 Å². The Labute approximate surface area is 241 Å². The van der Waals surface area contributed by atoms with E-state index in [0.29, 0.717) is 46.8 Å². The minimum Gasteiger partial charge on any atom is -0.317 e. The van der Waals surface area contributed by atoms with Crippen molar-refractivity contribution in [3.63, 3.8) is 0 Å². The van der Waals surface area contributed by atoms with E-state index in [1.54, 1.807) is 4.57 Å². The molecule has 2 aromatic heterocycles. The fourth-order valence-corrected chi connectivity index (χ4v) is 6.22. The first-order chi connectivity index (χ1) is 18.2. The van der Waals surface area contributed by atoms with E-state index in [-0.39, 0.29) is 11.5 Å². The van der Waals surface area contributed by atoms with Crippen LogP contribution < -0.4 is 5.56 Å². The van der Waals surface area contributed by atoms with E-state index in [1.807, 2.05) is 87.4 Å². The zero-order chi connectivity index (χ0) is 27.4. The van der Waals surface area contributed by atoms with E-state index in [9.17, 15) is 9.59 Å². The van der Waals surface area contributed by atoms with E-state index >= 15 is 0 Å². The lowest BCUT2D eigenvalue weighted by atomic mass is 10.1. The summed E-state index contributed by atoms with van der Waals surface area (Å²) in [5.41, 5.74) is 3.29. The highest BCUT2D eigenvalue weighted by molar-refractivity contribution is 14.1. The van der Waals surface area contributed by atoms with Crippen LogP contribution in [0.5, 0.6) is 0 Å². The van der Waals surface area contributed by atoms with Gasteiger partial charge in [-0.05, 0) is 99.1 Å². The Morgan fingerprint density at radius 2 is 1.74 bits per heavy atom. The highest BCUT2D eigenvalue weighted by Crippen LogP contribution is 2.40. The molecule has 9 heteroatoms. The van der Waals surface area contributed by atoms with Gasteiger partial charge in [-0.25, -0.2) is 4.98 Å². The molecule has 0 radical (unpaired) electrons. The number of rotatable bonds is 10. The normalized spacial score (nSPS) is 13.1. The van der Waals surface area contributed by atoms with Crippen LogP contribution in [0.2, 0.25) is 0 Å². The second-order valence-corrected chi connectivity index (χ2v) is 12.4. The molecule has 2 aromatic carbocycles.